The van der Waals surface area contributed by atoms with Crippen LogP contribution in [0.4, 0.5) is 11.5 Å². The Morgan fingerprint density at radius 3 is 2.68 bits per heavy atom. The highest BCUT2D eigenvalue weighted by atomic mass is 32.1. The predicted octanol–water partition coefficient (Wildman–Crippen LogP) is 6.33. The molecular weight excluding hydrogens is 492 g/mol. The number of hydrogen-bond donors (Lipinski definition) is 2. The topological polar surface area (TPSA) is 70.1 Å². The van der Waals surface area contributed by atoms with Crippen LogP contribution in [0.5, 0.6) is 0 Å². The second-order valence-electron chi connectivity index (χ2n) is 10.1. The molecule has 7 heteroatoms. The summed E-state index contributed by atoms with van der Waals surface area (Å²) >= 11 is 1.82. The van der Waals surface area contributed by atoms with Gasteiger partial charge in [0.15, 0.2) is 0 Å². The van der Waals surface area contributed by atoms with Gasteiger partial charge in [-0.25, -0.2) is 4.79 Å². The standard InChI is InChI=1S/C31H36N4O2S/c1-3-23-20-26(11-10-22(23)2)32-28-21-29(36)35(31(37)33-28)16-6-4-5-15-34-17-12-24(13-18-34)27-9-7-8-25-14-19-38-30(25)27/h7-12,14,19-21,32H,3-6,13,15-18H2,1-2H3,(H,33,37). The van der Waals surface area contributed by atoms with E-state index < -0.39 is 0 Å². The largest absolute Gasteiger partial charge is 0.342 e. The molecule has 2 aromatic heterocycles. The summed E-state index contributed by atoms with van der Waals surface area (Å²) in [5, 5.41) is 6.67. The van der Waals surface area contributed by atoms with Crippen LogP contribution in [0.1, 0.15) is 49.3 Å². The highest BCUT2D eigenvalue weighted by Crippen LogP contribution is 2.32. The van der Waals surface area contributed by atoms with E-state index in [1.165, 1.54) is 43.0 Å². The molecule has 0 spiro atoms. The van der Waals surface area contributed by atoms with Crippen molar-refractivity contribution in [1.82, 2.24) is 14.5 Å². The SMILES string of the molecule is CCc1cc(Nc2cc(=O)n(CCCCCN3CC=C(c4cccc5ccsc45)CC3)c(=O)[nH]2)ccc1C. The molecule has 0 saturated heterocycles. The van der Waals surface area contributed by atoms with Crippen molar-refractivity contribution in [2.24, 2.45) is 0 Å². The van der Waals surface area contributed by atoms with Crippen LogP contribution in [0.25, 0.3) is 15.7 Å². The van der Waals surface area contributed by atoms with E-state index in [2.05, 4.69) is 70.8 Å². The van der Waals surface area contributed by atoms with Crippen LogP contribution in [-0.2, 0) is 13.0 Å². The lowest BCUT2D eigenvalue weighted by Crippen LogP contribution is -2.35. The van der Waals surface area contributed by atoms with Crippen LogP contribution in [0.15, 0.2) is 69.6 Å². The smallest absolute Gasteiger partial charge is 0.329 e. The Bertz CT molecular complexity index is 1530. The predicted molar refractivity (Wildman–Crippen MR) is 160 cm³/mol. The number of nitrogens with one attached hydrogen (secondary N) is 2. The molecule has 0 fully saturated rings. The van der Waals surface area contributed by atoms with Gasteiger partial charge in [0.05, 0.1) is 0 Å². The summed E-state index contributed by atoms with van der Waals surface area (Å²) in [6.07, 6.45) is 7.24. The number of aromatic amines is 1. The second-order valence-corrected chi connectivity index (χ2v) is 11.0. The summed E-state index contributed by atoms with van der Waals surface area (Å²) in [5.74, 6) is 0.426. The summed E-state index contributed by atoms with van der Waals surface area (Å²) in [6.45, 7) is 7.72. The molecular formula is C31H36N4O2S. The van der Waals surface area contributed by atoms with Gasteiger partial charge in [-0.05, 0) is 90.4 Å². The van der Waals surface area contributed by atoms with Crippen molar-refractivity contribution in [3.63, 3.8) is 0 Å². The summed E-state index contributed by atoms with van der Waals surface area (Å²) in [5.41, 5.74) is 5.55. The Kier molecular flexibility index (Phi) is 8.25. The van der Waals surface area contributed by atoms with E-state index in [4.69, 9.17) is 0 Å². The first-order chi connectivity index (χ1) is 18.5. The van der Waals surface area contributed by atoms with Gasteiger partial charge in [-0.2, -0.15) is 0 Å². The van der Waals surface area contributed by atoms with E-state index in [1.807, 2.05) is 23.5 Å². The third-order valence-electron chi connectivity index (χ3n) is 7.50. The Morgan fingerprint density at radius 1 is 1.03 bits per heavy atom. The second kappa shape index (κ2) is 12.0. The molecule has 3 heterocycles. The Balaban J connectivity index is 1.09. The van der Waals surface area contributed by atoms with Crippen molar-refractivity contribution in [1.29, 1.82) is 0 Å². The fourth-order valence-corrected chi connectivity index (χ4v) is 6.22. The van der Waals surface area contributed by atoms with Crippen LogP contribution in [0.2, 0.25) is 0 Å². The number of hydrogen-bond acceptors (Lipinski definition) is 5. The van der Waals surface area contributed by atoms with E-state index >= 15 is 0 Å². The molecule has 198 valence electrons. The van der Waals surface area contributed by atoms with Crippen molar-refractivity contribution in [3.8, 4) is 0 Å². The number of unbranched alkanes of at least 4 members (excludes halogenated alkanes) is 2. The average Bonchev–Trinajstić information content (AvgIpc) is 3.40. The molecule has 0 bridgehead atoms. The lowest BCUT2D eigenvalue weighted by molar-refractivity contribution is 0.293. The first-order valence-electron chi connectivity index (χ1n) is 13.6. The molecule has 6 nitrogen and oxygen atoms in total. The number of nitrogens with zero attached hydrogens (tertiary/aromatic N) is 2. The third kappa shape index (κ3) is 6.00. The summed E-state index contributed by atoms with van der Waals surface area (Å²) in [7, 11) is 0. The molecule has 2 N–H and O–H groups in total. The van der Waals surface area contributed by atoms with Gasteiger partial charge >= 0.3 is 5.69 Å². The molecule has 4 aromatic rings. The monoisotopic (exact) mass is 528 g/mol. The van der Waals surface area contributed by atoms with Crippen molar-refractivity contribution >= 4 is 38.5 Å². The van der Waals surface area contributed by atoms with Crippen LogP contribution < -0.4 is 16.6 Å². The number of anilines is 2. The molecule has 0 radical (unpaired) electrons. The minimum Gasteiger partial charge on any atom is -0.342 e. The zero-order valence-electron chi connectivity index (χ0n) is 22.3. The number of fused-ring (bicyclic) bond motifs is 1. The fraction of sp³-hybridized carbons (Fsp3) is 0.355. The zero-order valence-corrected chi connectivity index (χ0v) is 23.1. The van der Waals surface area contributed by atoms with Gasteiger partial charge in [-0.3, -0.25) is 19.2 Å². The van der Waals surface area contributed by atoms with Crippen LogP contribution in [0.3, 0.4) is 0 Å². The van der Waals surface area contributed by atoms with Crippen molar-refractivity contribution in [3.05, 3.63) is 97.5 Å². The lowest BCUT2D eigenvalue weighted by Gasteiger charge is -2.26. The number of aryl methyl sites for hydroxylation is 2. The molecule has 5 rings (SSSR count). The van der Waals surface area contributed by atoms with Crippen LogP contribution in [0, 0.1) is 6.92 Å². The number of aromatic nitrogens is 2. The summed E-state index contributed by atoms with van der Waals surface area (Å²) in [6, 6.07) is 16.3. The van der Waals surface area contributed by atoms with Gasteiger partial charge in [0.1, 0.15) is 5.82 Å². The van der Waals surface area contributed by atoms with E-state index in [-0.39, 0.29) is 11.2 Å². The summed E-state index contributed by atoms with van der Waals surface area (Å²) < 4.78 is 2.70. The maximum atomic E-state index is 12.6. The van der Waals surface area contributed by atoms with Gasteiger partial charge in [0, 0.05) is 36.1 Å². The highest BCUT2D eigenvalue weighted by Gasteiger charge is 2.15. The van der Waals surface area contributed by atoms with Crippen LogP contribution in [-0.4, -0.2) is 34.1 Å². The molecule has 38 heavy (non-hydrogen) atoms. The normalized spacial score (nSPS) is 14.1. The molecule has 1 aliphatic heterocycles. The summed E-state index contributed by atoms with van der Waals surface area (Å²) in [4.78, 5) is 30.6. The van der Waals surface area contributed by atoms with Gasteiger partial charge < -0.3 is 5.32 Å². The number of thiophene rings is 1. The fourth-order valence-electron chi connectivity index (χ4n) is 5.27. The van der Waals surface area contributed by atoms with Gasteiger partial charge in [0.25, 0.3) is 5.56 Å². The van der Waals surface area contributed by atoms with Gasteiger partial charge in [0.2, 0.25) is 0 Å². The minimum atomic E-state index is -0.364. The van der Waals surface area contributed by atoms with Crippen molar-refractivity contribution in [2.75, 3.05) is 25.0 Å². The number of H-pyrrole nitrogens is 1. The maximum Gasteiger partial charge on any atom is 0.329 e. The number of rotatable bonds is 10. The molecule has 0 amide bonds. The molecule has 0 saturated carbocycles. The maximum absolute atomic E-state index is 12.6. The molecule has 0 atom stereocenters. The minimum absolute atomic E-state index is 0.270. The van der Waals surface area contributed by atoms with E-state index in [1.54, 1.807) is 0 Å². The quantitative estimate of drug-likeness (QED) is 0.236. The third-order valence-corrected chi connectivity index (χ3v) is 8.47. The van der Waals surface area contributed by atoms with E-state index in [0.29, 0.717) is 12.4 Å². The lowest BCUT2D eigenvalue weighted by atomic mass is 9.98. The Labute approximate surface area is 227 Å². The Morgan fingerprint density at radius 2 is 1.89 bits per heavy atom. The molecule has 2 aromatic carbocycles. The van der Waals surface area contributed by atoms with Crippen molar-refractivity contribution in [2.45, 2.75) is 52.5 Å². The van der Waals surface area contributed by atoms with E-state index in [9.17, 15) is 9.59 Å². The average molecular weight is 529 g/mol. The van der Waals surface area contributed by atoms with Gasteiger partial charge in [-0.1, -0.05) is 43.7 Å². The Hall–Kier alpha value is -3.42. The first kappa shape index (κ1) is 26.2. The first-order valence-corrected chi connectivity index (χ1v) is 14.5. The highest BCUT2D eigenvalue weighted by molar-refractivity contribution is 7.17. The molecule has 1 aliphatic rings. The zero-order chi connectivity index (χ0) is 26.5. The van der Waals surface area contributed by atoms with Gasteiger partial charge in [-0.15, -0.1) is 11.3 Å². The molecule has 0 unspecified atom stereocenters. The van der Waals surface area contributed by atoms with E-state index in [0.717, 1.165) is 57.4 Å². The number of benzene rings is 2. The van der Waals surface area contributed by atoms with Crippen LogP contribution >= 0.6 is 11.3 Å². The van der Waals surface area contributed by atoms with Crippen molar-refractivity contribution < 1.29 is 0 Å². The molecule has 0 aliphatic carbocycles.